The number of phenols is 1. The summed E-state index contributed by atoms with van der Waals surface area (Å²) in [6.45, 7) is 0. The van der Waals surface area contributed by atoms with Crippen LogP contribution in [0.2, 0.25) is 0 Å². The van der Waals surface area contributed by atoms with Gasteiger partial charge in [-0.05, 0) is 73.4 Å². The first-order chi connectivity index (χ1) is 16.0. The third-order valence-electron chi connectivity index (χ3n) is 6.03. The van der Waals surface area contributed by atoms with Gasteiger partial charge in [0.05, 0.1) is 25.3 Å². The van der Waals surface area contributed by atoms with Crippen LogP contribution in [0.25, 0.3) is 0 Å². The Labute approximate surface area is 198 Å². The number of aliphatic hydroxyl groups excluding tert-OH is 1. The lowest BCUT2D eigenvalue weighted by atomic mass is 9.93. The van der Waals surface area contributed by atoms with E-state index in [0.717, 1.165) is 24.1 Å². The first-order valence-electron chi connectivity index (χ1n) is 10.9. The normalized spacial score (nSPS) is 18.8. The van der Waals surface area contributed by atoms with Crippen molar-refractivity contribution in [3.63, 3.8) is 0 Å². The quantitative estimate of drug-likeness (QED) is 0.394. The molecule has 0 amide bonds. The summed E-state index contributed by atoms with van der Waals surface area (Å²) in [7, 11) is 1.56. The smallest absolute Gasteiger partial charge is 0.174 e. The second-order valence-electron chi connectivity index (χ2n) is 8.13. The Balaban J connectivity index is 1.55. The van der Waals surface area contributed by atoms with Gasteiger partial charge in [-0.15, -0.1) is 0 Å². The van der Waals surface area contributed by atoms with Crippen LogP contribution in [0.3, 0.4) is 0 Å². The zero-order chi connectivity index (χ0) is 23.4. The van der Waals surface area contributed by atoms with Crippen molar-refractivity contribution < 1.29 is 19.3 Å². The molecule has 7 heteroatoms. The molecule has 3 aromatic carbocycles. The van der Waals surface area contributed by atoms with Gasteiger partial charge in [0, 0.05) is 17.3 Å². The third-order valence-corrected chi connectivity index (χ3v) is 6.34. The number of nitrogens with one attached hydrogen (secondary N) is 1. The maximum Gasteiger partial charge on any atom is 0.174 e. The predicted octanol–water partition coefficient (Wildman–Crippen LogP) is 5.25. The van der Waals surface area contributed by atoms with Crippen LogP contribution in [0.5, 0.6) is 11.5 Å². The first-order valence-corrected chi connectivity index (χ1v) is 11.3. The Morgan fingerprint density at radius 2 is 1.82 bits per heavy atom. The number of hydrogen-bond donors (Lipinski definition) is 3. The molecule has 0 spiro atoms. The molecule has 0 aromatic heterocycles. The number of benzene rings is 3. The zero-order valence-corrected chi connectivity index (χ0v) is 19.1. The minimum atomic E-state index is -0.669. The molecule has 3 N–H and O–H groups in total. The van der Waals surface area contributed by atoms with E-state index in [4.69, 9.17) is 17.0 Å². The average Bonchev–Trinajstić information content (AvgIpc) is 3.15. The molecule has 4 rings (SSSR count). The molecule has 1 fully saturated rings. The van der Waals surface area contributed by atoms with Crippen molar-refractivity contribution in [1.29, 1.82) is 0 Å². The minimum Gasteiger partial charge on any atom is -0.507 e. The van der Waals surface area contributed by atoms with E-state index in [2.05, 4.69) is 5.32 Å². The van der Waals surface area contributed by atoms with Gasteiger partial charge in [-0.1, -0.05) is 30.3 Å². The van der Waals surface area contributed by atoms with Gasteiger partial charge in [-0.2, -0.15) is 0 Å². The van der Waals surface area contributed by atoms with Crippen molar-refractivity contribution in [1.82, 2.24) is 5.32 Å². The summed E-state index contributed by atoms with van der Waals surface area (Å²) in [4.78, 5) is 2.03. The number of ether oxygens (including phenoxy) is 1. The zero-order valence-electron chi connectivity index (χ0n) is 18.3. The Morgan fingerprint density at radius 1 is 1.09 bits per heavy atom. The van der Waals surface area contributed by atoms with E-state index >= 15 is 0 Å². The number of phenolic OH excluding ortho intramolecular Hbond substituents is 1. The largest absolute Gasteiger partial charge is 0.507 e. The number of thiocarbonyl (C=S) groups is 1. The Kier molecular flexibility index (Phi) is 7.11. The highest BCUT2D eigenvalue weighted by atomic mass is 32.1. The van der Waals surface area contributed by atoms with Crippen molar-refractivity contribution in [3.05, 3.63) is 89.7 Å². The van der Waals surface area contributed by atoms with Crippen LogP contribution in [-0.2, 0) is 0 Å². The van der Waals surface area contributed by atoms with Crippen LogP contribution in [0.1, 0.15) is 42.5 Å². The van der Waals surface area contributed by atoms with Crippen molar-refractivity contribution in [2.24, 2.45) is 0 Å². The average molecular weight is 467 g/mol. The number of aromatic hydroxyl groups is 1. The lowest BCUT2D eigenvalue weighted by molar-refractivity contribution is 0.162. The number of aliphatic hydroxyl groups is 1. The van der Waals surface area contributed by atoms with Crippen LogP contribution in [0.4, 0.5) is 10.1 Å². The number of methoxy groups -OCH3 is 1. The summed E-state index contributed by atoms with van der Waals surface area (Å²) in [5, 5.41) is 25.3. The summed E-state index contributed by atoms with van der Waals surface area (Å²) < 4.78 is 18.4. The van der Waals surface area contributed by atoms with Gasteiger partial charge in [-0.3, -0.25) is 0 Å². The molecule has 5 nitrogen and oxygen atoms in total. The molecule has 0 saturated carbocycles. The Bertz CT molecular complexity index is 1090. The highest BCUT2D eigenvalue weighted by Crippen LogP contribution is 2.41. The minimum absolute atomic E-state index is 0.0718. The summed E-state index contributed by atoms with van der Waals surface area (Å²) in [5.41, 5.74) is 2.38. The standard InChI is InChI=1S/C26H27FN2O3S/c1-32-20-14-15-21(24(31)16-20)25-22(28-26(33)29(25)19-6-3-2-4-7-19)8-5-9-23(30)17-10-12-18(27)13-11-17/h2-4,6-7,10-16,22-23,25,30-31H,5,8-9H2,1H3,(H,28,33)/t22-,23-,25-/m1/s1. The van der Waals surface area contributed by atoms with Crippen LogP contribution < -0.4 is 15.0 Å². The lowest BCUT2D eigenvalue weighted by Gasteiger charge is -2.29. The lowest BCUT2D eigenvalue weighted by Crippen LogP contribution is -2.29. The molecule has 33 heavy (non-hydrogen) atoms. The van der Waals surface area contributed by atoms with E-state index in [1.54, 1.807) is 25.3 Å². The van der Waals surface area contributed by atoms with Crippen LogP contribution in [0.15, 0.2) is 72.8 Å². The van der Waals surface area contributed by atoms with Gasteiger partial charge in [0.15, 0.2) is 5.11 Å². The van der Waals surface area contributed by atoms with E-state index in [1.165, 1.54) is 12.1 Å². The highest BCUT2D eigenvalue weighted by molar-refractivity contribution is 7.80. The molecular weight excluding hydrogens is 439 g/mol. The fourth-order valence-electron chi connectivity index (χ4n) is 4.35. The molecular formula is C26H27FN2O3S. The second-order valence-corrected chi connectivity index (χ2v) is 8.52. The highest BCUT2D eigenvalue weighted by Gasteiger charge is 2.40. The molecule has 0 unspecified atom stereocenters. The third kappa shape index (κ3) is 5.10. The van der Waals surface area contributed by atoms with Crippen LogP contribution in [0, 0.1) is 5.82 Å². The van der Waals surface area contributed by atoms with Gasteiger partial charge in [-0.25, -0.2) is 4.39 Å². The van der Waals surface area contributed by atoms with Crippen molar-refractivity contribution in [2.45, 2.75) is 37.5 Å². The SMILES string of the molecule is COc1ccc([C@@H]2[C@@H](CCC[C@@H](O)c3ccc(F)cc3)NC(=S)N2c2ccccc2)c(O)c1. The number of rotatable bonds is 8. The molecule has 0 bridgehead atoms. The van der Waals surface area contributed by atoms with E-state index in [1.807, 2.05) is 47.4 Å². The molecule has 172 valence electrons. The molecule has 1 aliphatic rings. The van der Waals surface area contributed by atoms with Gasteiger partial charge in [0.25, 0.3) is 0 Å². The molecule has 1 saturated heterocycles. The van der Waals surface area contributed by atoms with Gasteiger partial charge < -0.3 is 25.2 Å². The van der Waals surface area contributed by atoms with E-state index in [9.17, 15) is 14.6 Å². The molecule has 3 atom stereocenters. The number of anilines is 1. The Morgan fingerprint density at radius 3 is 2.48 bits per heavy atom. The molecule has 0 radical (unpaired) electrons. The van der Waals surface area contributed by atoms with E-state index in [0.29, 0.717) is 22.8 Å². The molecule has 1 heterocycles. The van der Waals surface area contributed by atoms with Crippen molar-refractivity contribution in [3.8, 4) is 11.5 Å². The maximum absolute atomic E-state index is 13.2. The van der Waals surface area contributed by atoms with E-state index < -0.39 is 6.10 Å². The Hall–Kier alpha value is -3.16. The number of hydrogen-bond acceptors (Lipinski definition) is 4. The molecule has 3 aromatic rings. The fourth-order valence-corrected chi connectivity index (χ4v) is 4.72. The number of halogens is 1. The number of para-hydroxylation sites is 1. The van der Waals surface area contributed by atoms with Crippen LogP contribution >= 0.6 is 12.2 Å². The van der Waals surface area contributed by atoms with Gasteiger partial charge in [0.1, 0.15) is 17.3 Å². The summed E-state index contributed by atoms with van der Waals surface area (Å²) in [6, 6.07) is 20.8. The maximum atomic E-state index is 13.2. The first kappa shape index (κ1) is 23.0. The van der Waals surface area contributed by atoms with Crippen molar-refractivity contribution in [2.75, 3.05) is 12.0 Å². The van der Waals surface area contributed by atoms with Crippen molar-refractivity contribution >= 4 is 23.0 Å². The fraction of sp³-hybridized carbons (Fsp3) is 0.269. The summed E-state index contributed by atoms with van der Waals surface area (Å²) in [6.07, 6.45) is 1.30. The van der Waals surface area contributed by atoms with Crippen LogP contribution in [-0.4, -0.2) is 28.5 Å². The number of nitrogens with zero attached hydrogens (tertiary/aromatic N) is 1. The molecule has 0 aliphatic carbocycles. The monoisotopic (exact) mass is 466 g/mol. The van der Waals surface area contributed by atoms with Gasteiger partial charge in [0.2, 0.25) is 0 Å². The molecule has 1 aliphatic heterocycles. The summed E-state index contributed by atoms with van der Waals surface area (Å²) in [5.74, 6) is 0.399. The van der Waals surface area contributed by atoms with Gasteiger partial charge >= 0.3 is 0 Å². The van der Waals surface area contributed by atoms with E-state index in [-0.39, 0.29) is 23.7 Å². The second kappa shape index (κ2) is 10.2. The predicted molar refractivity (Wildman–Crippen MR) is 131 cm³/mol. The summed E-state index contributed by atoms with van der Waals surface area (Å²) >= 11 is 5.68. The topological polar surface area (TPSA) is 65.0 Å².